The van der Waals surface area contributed by atoms with Crippen molar-refractivity contribution in [2.24, 2.45) is 0 Å². The lowest BCUT2D eigenvalue weighted by Crippen LogP contribution is -2.23. The molecule has 18 heavy (non-hydrogen) atoms. The lowest BCUT2D eigenvalue weighted by molar-refractivity contribution is -0.106. The monoisotopic (exact) mass is 259 g/mol. The van der Waals surface area contributed by atoms with Gasteiger partial charge in [0, 0.05) is 26.3 Å². The molecule has 0 aliphatic rings. The molecule has 1 aromatic carbocycles. The normalized spacial score (nSPS) is 12.8. The van der Waals surface area contributed by atoms with E-state index in [-0.39, 0.29) is 18.8 Å². The summed E-state index contributed by atoms with van der Waals surface area (Å²) >= 11 is 0. The summed E-state index contributed by atoms with van der Waals surface area (Å²) in [7, 11) is 2.94. The molecule has 0 saturated heterocycles. The molecule has 3 N–H and O–H groups in total. The minimum Gasteiger partial charge on any atom is -0.394 e. The van der Waals surface area contributed by atoms with Gasteiger partial charge in [0.15, 0.2) is 6.29 Å². The Kier molecular flexibility index (Phi) is 6.00. The number of halogens is 1. The van der Waals surface area contributed by atoms with Gasteiger partial charge in [0.05, 0.1) is 18.4 Å². The van der Waals surface area contributed by atoms with Crippen LogP contribution in [0.2, 0.25) is 0 Å². The van der Waals surface area contributed by atoms with E-state index in [1.807, 2.05) is 0 Å². The summed E-state index contributed by atoms with van der Waals surface area (Å²) in [4.78, 5) is 0. The van der Waals surface area contributed by atoms with Crippen LogP contribution in [0.3, 0.4) is 0 Å². The Morgan fingerprint density at radius 2 is 2.00 bits per heavy atom. The standard InChI is InChI=1S/C12H18FNO4/c1-17-12(18-2)8-3-4-11(10(13)5-8)14-6-9(16)7-15/h3-5,9,12,14-16H,6-7H2,1-2H3. The average Bonchev–Trinajstić information content (AvgIpc) is 2.38. The van der Waals surface area contributed by atoms with Crippen LogP contribution in [0.5, 0.6) is 0 Å². The zero-order valence-corrected chi connectivity index (χ0v) is 10.4. The summed E-state index contributed by atoms with van der Waals surface area (Å²) in [6.07, 6.45) is -1.54. The van der Waals surface area contributed by atoms with Crippen LogP contribution in [0.1, 0.15) is 11.9 Å². The highest BCUT2D eigenvalue weighted by Gasteiger charge is 2.12. The third-order valence-corrected chi connectivity index (χ3v) is 2.43. The summed E-state index contributed by atoms with van der Waals surface area (Å²) < 4.78 is 23.7. The first kappa shape index (κ1) is 14.8. The van der Waals surface area contributed by atoms with Crippen molar-refractivity contribution in [2.45, 2.75) is 12.4 Å². The smallest absolute Gasteiger partial charge is 0.183 e. The number of benzene rings is 1. The Morgan fingerprint density at radius 3 is 2.50 bits per heavy atom. The van der Waals surface area contributed by atoms with Gasteiger partial charge in [-0.25, -0.2) is 4.39 Å². The fourth-order valence-electron chi connectivity index (χ4n) is 1.48. The number of aliphatic hydroxyl groups excluding tert-OH is 2. The first-order valence-electron chi connectivity index (χ1n) is 5.50. The molecule has 0 aromatic heterocycles. The zero-order chi connectivity index (χ0) is 13.5. The molecule has 0 aliphatic heterocycles. The van der Waals surface area contributed by atoms with Crippen molar-refractivity contribution in [3.63, 3.8) is 0 Å². The van der Waals surface area contributed by atoms with E-state index in [0.717, 1.165) is 0 Å². The van der Waals surface area contributed by atoms with Crippen LogP contribution in [0.25, 0.3) is 0 Å². The van der Waals surface area contributed by atoms with E-state index in [1.54, 1.807) is 6.07 Å². The number of nitrogens with one attached hydrogen (secondary N) is 1. The third kappa shape index (κ3) is 3.92. The predicted molar refractivity (Wildman–Crippen MR) is 64.7 cm³/mol. The third-order valence-electron chi connectivity index (χ3n) is 2.43. The molecule has 0 aliphatic carbocycles. The van der Waals surface area contributed by atoms with Crippen LogP contribution in [0.4, 0.5) is 10.1 Å². The molecule has 1 rings (SSSR count). The first-order chi connectivity index (χ1) is 8.62. The van der Waals surface area contributed by atoms with Gasteiger partial charge >= 0.3 is 0 Å². The van der Waals surface area contributed by atoms with Crippen LogP contribution in [0.15, 0.2) is 18.2 Å². The predicted octanol–water partition coefficient (Wildman–Crippen LogP) is 0.882. The molecule has 0 amide bonds. The SMILES string of the molecule is COC(OC)c1ccc(NCC(O)CO)c(F)c1. The molecular formula is C12H18FNO4. The number of methoxy groups -OCH3 is 2. The van der Waals surface area contributed by atoms with Gasteiger partial charge < -0.3 is 25.0 Å². The van der Waals surface area contributed by atoms with Crippen molar-refractivity contribution in [1.29, 1.82) is 0 Å². The fraction of sp³-hybridized carbons (Fsp3) is 0.500. The van der Waals surface area contributed by atoms with Gasteiger partial charge in [0.1, 0.15) is 5.82 Å². The van der Waals surface area contributed by atoms with Gasteiger partial charge in [0.25, 0.3) is 0 Å². The molecule has 1 unspecified atom stereocenters. The summed E-state index contributed by atoms with van der Waals surface area (Å²) in [6.45, 7) is -0.299. The summed E-state index contributed by atoms with van der Waals surface area (Å²) in [6, 6.07) is 4.49. The maximum absolute atomic E-state index is 13.7. The molecule has 102 valence electrons. The van der Waals surface area contributed by atoms with Crippen LogP contribution in [0, 0.1) is 5.82 Å². The second kappa shape index (κ2) is 7.27. The first-order valence-corrected chi connectivity index (χ1v) is 5.50. The number of ether oxygens (including phenoxy) is 2. The van der Waals surface area contributed by atoms with Gasteiger partial charge in [-0.1, -0.05) is 6.07 Å². The molecule has 0 fully saturated rings. The number of aliphatic hydroxyl groups is 2. The lowest BCUT2D eigenvalue weighted by Gasteiger charge is -2.16. The fourth-order valence-corrected chi connectivity index (χ4v) is 1.48. The van der Waals surface area contributed by atoms with E-state index in [9.17, 15) is 4.39 Å². The Balaban J connectivity index is 2.73. The van der Waals surface area contributed by atoms with Gasteiger partial charge in [-0.2, -0.15) is 0 Å². The van der Waals surface area contributed by atoms with E-state index in [4.69, 9.17) is 19.7 Å². The van der Waals surface area contributed by atoms with Crippen molar-refractivity contribution in [2.75, 3.05) is 32.7 Å². The van der Waals surface area contributed by atoms with E-state index in [1.165, 1.54) is 26.4 Å². The van der Waals surface area contributed by atoms with Crippen LogP contribution in [-0.4, -0.2) is 43.7 Å². The van der Waals surface area contributed by atoms with E-state index in [0.29, 0.717) is 5.56 Å². The molecule has 0 heterocycles. The minimum atomic E-state index is -0.922. The number of hydrogen-bond acceptors (Lipinski definition) is 5. The van der Waals surface area contributed by atoms with E-state index >= 15 is 0 Å². The Labute approximate surface area is 105 Å². The van der Waals surface area contributed by atoms with E-state index < -0.39 is 18.2 Å². The van der Waals surface area contributed by atoms with Crippen molar-refractivity contribution in [1.82, 2.24) is 0 Å². The molecular weight excluding hydrogens is 241 g/mol. The van der Waals surface area contributed by atoms with Crippen molar-refractivity contribution >= 4 is 5.69 Å². The highest BCUT2D eigenvalue weighted by molar-refractivity contribution is 5.46. The van der Waals surface area contributed by atoms with Crippen LogP contribution >= 0.6 is 0 Å². The molecule has 5 nitrogen and oxygen atoms in total. The molecule has 6 heteroatoms. The van der Waals surface area contributed by atoms with Crippen molar-refractivity contribution < 1.29 is 24.1 Å². The molecule has 0 saturated carbocycles. The van der Waals surface area contributed by atoms with Crippen LogP contribution < -0.4 is 5.32 Å². The number of rotatable bonds is 7. The highest BCUT2D eigenvalue weighted by Crippen LogP contribution is 2.22. The molecule has 0 bridgehead atoms. The average molecular weight is 259 g/mol. The van der Waals surface area contributed by atoms with E-state index in [2.05, 4.69) is 5.32 Å². The van der Waals surface area contributed by atoms with Gasteiger partial charge in [0.2, 0.25) is 0 Å². The summed E-state index contributed by atoms with van der Waals surface area (Å²) in [5, 5.41) is 20.5. The van der Waals surface area contributed by atoms with Crippen molar-refractivity contribution in [3.05, 3.63) is 29.6 Å². The van der Waals surface area contributed by atoms with Gasteiger partial charge in [-0.05, 0) is 12.1 Å². The Morgan fingerprint density at radius 1 is 1.33 bits per heavy atom. The molecule has 1 aromatic rings. The largest absolute Gasteiger partial charge is 0.394 e. The van der Waals surface area contributed by atoms with Crippen LogP contribution in [-0.2, 0) is 9.47 Å². The second-order valence-electron chi connectivity index (χ2n) is 3.76. The van der Waals surface area contributed by atoms with Crippen molar-refractivity contribution in [3.8, 4) is 0 Å². The van der Waals surface area contributed by atoms with Gasteiger partial charge in [-0.3, -0.25) is 0 Å². The quantitative estimate of drug-likeness (QED) is 0.634. The Hall–Kier alpha value is -1.21. The summed E-state index contributed by atoms with van der Waals surface area (Å²) in [5.74, 6) is -0.475. The maximum Gasteiger partial charge on any atom is 0.183 e. The highest BCUT2D eigenvalue weighted by atomic mass is 19.1. The molecule has 0 spiro atoms. The summed E-state index contributed by atoms with van der Waals surface area (Å²) in [5.41, 5.74) is 0.808. The molecule has 0 radical (unpaired) electrons. The number of anilines is 1. The lowest BCUT2D eigenvalue weighted by atomic mass is 10.2. The number of hydrogen-bond donors (Lipinski definition) is 3. The van der Waals surface area contributed by atoms with Gasteiger partial charge in [-0.15, -0.1) is 0 Å². The minimum absolute atomic E-state index is 0.0742. The topological polar surface area (TPSA) is 71.0 Å². The molecule has 1 atom stereocenters. The zero-order valence-electron chi connectivity index (χ0n) is 10.4. The Bertz CT molecular complexity index is 371. The second-order valence-corrected chi connectivity index (χ2v) is 3.76. The maximum atomic E-state index is 13.7.